The van der Waals surface area contributed by atoms with E-state index in [4.69, 9.17) is 19.2 Å². The van der Waals surface area contributed by atoms with Crippen LogP contribution in [0.15, 0.2) is 0 Å². The third kappa shape index (κ3) is 77.6. The monoisotopic (exact) mass is 318 g/mol. The first-order chi connectivity index (χ1) is 2.00. The molecule has 0 heterocycles. The minimum Gasteiger partial charge on any atom is -0.894 e. The summed E-state index contributed by atoms with van der Waals surface area (Å²) in [5.74, 6) is 0. The Morgan fingerprint density at radius 1 is 0.889 bits per heavy atom. The van der Waals surface area contributed by atoms with E-state index < -0.39 is 9.05 Å². The van der Waals surface area contributed by atoms with Crippen LogP contribution < -0.4 is 19.2 Å². The molecule has 0 radical (unpaired) electrons. The van der Waals surface area contributed by atoms with Crippen LogP contribution in [0.25, 0.3) is 0 Å². The number of rotatable bonds is 0. The molecule has 1 atom stereocenters. The minimum absolute atomic E-state index is 0. The standard InChI is InChI=1S/Ca.O4Si.H3P.Sr.Zn/c;1-5(2,3)4;;;/h;;1H3;;/q+2;-4;;2*+2. The molecule has 0 amide bonds. The molecule has 0 aromatic carbocycles. The summed E-state index contributed by atoms with van der Waals surface area (Å²) in [5.41, 5.74) is 0. The Labute approximate surface area is 138 Å². The van der Waals surface area contributed by atoms with Crippen LogP contribution in [0, 0.1) is 0 Å². The van der Waals surface area contributed by atoms with Crippen LogP contribution in [0.5, 0.6) is 0 Å². The molecule has 0 N–H and O–H groups in total. The molecule has 0 aromatic heterocycles. The summed E-state index contributed by atoms with van der Waals surface area (Å²) in [7, 11) is -5.61. The first kappa shape index (κ1) is 29.3. The fourth-order valence-electron chi connectivity index (χ4n) is 0. The van der Waals surface area contributed by atoms with Gasteiger partial charge in [0.05, 0.1) is 0 Å². The third-order valence-corrected chi connectivity index (χ3v) is 0. The molecule has 9 heavy (non-hydrogen) atoms. The smallest absolute Gasteiger partial charge is 0.894 e. The van der Waals surface area contributed by atoms with Crippen molar-refractivity contribution in [2.24, 2.45) is 0 Å². The van der Waals surface area contributed by atoms with E-state index >= 15 is 0 Å². The van der Waals surface area contributed by atoms with Crippen LogP contribution in [0.2, 0.25) is 0 Å². The van der Waals surface area contributed by atoms with E-state index in [2.05, 4.69) is 0 Å². The van der Waals surface area contributed by atoms with Crippen molar-refractivity contribution in [2.45, 2.75) is 0 Å². The molecule has 0 rings (SSSR count). The molecule has 4 nitrogen and oxygen atoms in total. The van der Waals surface area contributed by atoms with E-state index in [1.54, 1.807) is 0 Å². The third-order valence-electron chi connectivity index (χ3n) is 0. The van der Waals surface area contributed by atoms with Gasteiger partial charge in [-0.25, -0.2) is 0 Å². The summed E-state index contributed by atoms with van der Waals surface area (Å²) in [5, 5.41) is 0. The van der Waals surface area contributed by atoms with Gasteiger partial charge in [-0.3, -0.25) is 0 Å². The summed E-state index contributed by atoms with van der Waals surface area (Å²) in [6.07, 6.45) is 0. The molecule has 0 spiro atoms. The zero-order chi connectivity index (χ0) is 4.50. The molecule has 9 heteroatoms. The summed E-state index contributed by atoms with van der Waals surface area (Å²) >= 11 is 0. The molecule has 0 aliphatic rings. The number of hydrogen-bond donors (Lipinski definition) is 0. The van der Waals surface area contributed by atoms with Crippen LogP contribution in [-0.4, -0.2) is 92.3 Å². The fourth-order valence-corrected chi connectivity index (χ4v) is 0. The zero-order valence-corrected chi connectivity index (χ0v) is 16.0. The topological polar surface area (TPSA) is 92.2 Å². The van der Waals surface area contributed by atoms with E-state index in [9.17, 15) is 0 Å². The van der Waals surface area contributed by atoms with Crippen LogP contribution in [0.3, 0.4) is 0 Å². The molecule has 1 unspecified atom stereocenters. The summed E-state index contributed by atoms with van der Waals surface area (Å²) in [6, 6.07) is 0. The van der Waals surface area contributed by atoms with Crippen LogP contribution >= 0.6 is 9.90 Å². The Hall–Kier alpha value is 3.85. The average molecular weight is 319 g/mol. The maximum Gasteiger partial charge on any atom is 2.00 e. The largest absolute Gasteiger partial charge is 2.00 e. The second kappa shape index (κ2) is 14.4. The molecule has 0 saturated heterocycles. The Morgan fingerprint density at radius 2 is 0.889 bits per heavy atom. The minimum atomic E-state index is -5.61. The molecule has 0 fully saturated rings. The van der Waals surface area contributed by atoms with Gasteiger partial charge in [-0.2, -0.15) is 9.90 Å². The van der Waals surface area contributed by atoms with Crippen LogP contribution in [-0.2, 0) is 19.5 Å². The van der Waals surface area contributed by atoms with Crippen molar-refractivity contribution >= 4 is 102 Å². The fraction of sp³-hybridized carbons (Fsp3) is 0. The van der Waals surface area contributed by atoms with Gasteiger partial charge < -0.3 is 28.2 Å². The van der Waals surface area contributed by atoms with Crippen molar-refractivity contribution in [2.75, 3.05) is 0 Å². The van der Waals surface area contributed by atoms with E-state index in [1.165, 1.54) is 0 Å². The summed E-state index contributed by atoms with van der Waals surface area (Å²) in [4.78, 5) is 34.3. The SMILES string of the molecule is P.[Ca+2].[O-][Si]([O-])([O-])[O-].[Sr+2].[Zn+2]. The Bertz CT molecular complexity index is 36.0. The number of hydrogen-bond acceptors (Lipinski definition) is 4. The van der Waals surface area contributed by atoms with Gasteiger partial charge in [-0.05, 0) is 0 Å². The quantitative estimate of drug-likeness (QED) is 0.328. The van der Waals surface area contributed by atoms with Crippen LogP contribution in [0.1, 0.15) is 0 Å². The van der Waals surface area contributed by atoms with E-state index in [0.717, 1.165) is 0 Å². The molecule has 0 aromatic rings. The van der Waals surface area contributed by atoms with Crippen LogP contribution in [0.4, 0.5) is 0 Å². The molecule has 0 aliphatic carbocycles. The van der Waals surface area contributed by atoms with Crippen molar-refractivity contribution in [3.63, 3.8) is 0 Å². The van der Waals surface area contributed by atoms with Gasteiger partial charge in [-0.1, -0.05) is 0 Å². The first-order valence-electron chi connectivity index (χ1n) is 0.816. The van der Waals surface area contributed by atoms with Crippen molar-refractivity contribution in [1.82, 2.24) is 0 Å². The Balaban J connectivity index is -0.0000000133. The second-order valence-corrected chi connectivity index (χ2v) is 1.50. The van der Waals surface area contributed by atoms with Crippen molar-refractivity contribution < 1.29 is 38.7 Å². The maximum atomic E-state index is 8.58. The predicted molar refractivity (Wildman–Crippen MR) is 28.4 cm³/mol. The molecule has 0 bridgehead atoms. The van der Waals surface area contributed by atoms with Crippen molar-refractivity contribution in [1.29, 1.82) is 0 Å². The first-order valence-corrected chi connectivity index (χ1v) is 2.45. The molecular weight excluding hydrogens is 316 g/mol. The molecular formula is H3CaO4PSiSrZn+2. The van der Waals surface area contributed by atoms with E-state index in [0.29, 0.717) is 0 Å². The van der Waals surface area contributed by atoms with Gasteiger partial charge in [0, 0.05) is 0 Å². The molecule has 0 saturated carbocycles. The van der Waals surface area contributed by atoms with Gasteiger partial charge >= 0.3 is 103 Å². The predicted octanol–water partition coefficient (Wildman–Crippen LogP) is -5.84. The van der Waals surface area contributed by atoms with Gasteiger partial charge in [0.15, 0.2) is 0 Å². The van der Waals surface area contributed by atoms with Gasteiger partial charge in [0.2, 0.25) is 0 Å². The van der Waals surface area contributed by atoms with Gasteiger partial charge in [0.25, 0.3) is 0 Å². The normalized spacial score (nSPS) is 6.67. The molecule has 40 valence electrons. The zero-order valence-electron chi connectivity index (χ0n) is 4.96. The summed E-state index contributed by atoms with van der Waals surface area (Å²) in [6.45, 7) is 0. The van der Waals surface area contributed by atoms with Crippen molar-refractivity contribution in [3.8, 4) is 0 Å². The summed E-state index contributed by atoms with van der Waals surface area (Å²) < 4.78 is 0. The van der Waals surface area contributed by atoms with Gasteiger partial charge in [0.1, 0.15) is 0 Å². The molecule has 0 aliphatic heterocycles. The van der Waals surface area contributed by atoms with Gasteiger partial charge in [-0.15, -0.1) is 0 Å². The van der Waals surface area contributed by atoms with E-state index in [1.807, 2.05) is 0 Å². The maximum absolute atomic E-state index is 8.58. The van der Waals surface area contributed by atoms with E-state index in [-0.39, 0.29) is 113 Å². The Morgan fingerprint density at radius 3 is 0.889 bits per heavy atom. The average Bonchev–Trinajstić information content (AvgIpc) is 0.722. The second-order valence-electron chi connectivity index (χ2n) is 0.500. The van der Waals surface area contributed by atoms with Crippen molar-refractivity contribution in [3.05, 3.63) is 0 Å². The Kier molecular flexibility index (Phi) is 46.8.